The highest BCUT2D eigenvalue weighted by atomic mass is 16.7. The molecule has 5 rings (SSSR count). The maximum atomic E-state index is 5.38. The van der Waals surface area contributed by atoms with Gasteiger partial charge in [0, 0.05) is 23.5 Å². The summed E-state index contributed by atoms with van der Waals surface area (Å²) in [6.45, 7) is 0.224. The molecule has 27 heavy (non-hydrogen) atoms. The van der Waals surface area contributed by atoms with Gasteiger partial charge in [0.25, 0.3) is 0 Å². The van der Waals surface area contributed by atoms with E-state index in [1.165, 1.54) is 6.33 Å². The van der Waals surface area contributed by atoms with E-state index in [9.17, 15) is 0 Å². The lowest BCUT2D eigenvalue weighted by Crippen LogP contribution is -2.22. The third-order valence-electron chi connectivity index (χ3n) is 4.58. The SMILES string of the molecule is C1=C(NC2=NC(c3cccc(-c4cncnc4)c3)c3ccccc32)OCO1. The van der Waals surface area contributed by atoms with Gasteiger partial charge in [0.15, 0.2) is 0 Å². The zero-order valence-electron chi connectivity index (χ0n) is 14.4. The lowest BCUT2D eigenvalue weighted by Gasteiger charge is -2.11. The minimum atomic E-state index is -0.0868. The van der Waals surface area contributed by atoms with Crippen molar-refractivity contribution in [1.82, 2.24) is 15.3 Å². The highest BCUT2D eigenvalue weighted by molar-refractivity contribution is 6.03. The summed E-state index contributed by atoms with van der Waals surface area (Å²) in [4.78, 5) is 13.1. The van der Waals surface area contributed by atoms with E-state index in [4.69, 9.17) is 14.5 Å². The molecule has 1 unspecified atom stereocenters. The minimum absolute atomic E-state index is 0.0868. The van der Waals surface area contributed by atoms with E-state index in [-0.39, 0.29) is 12.8 Å². The molecule has 3 aromatic rings. The molecule has 0 aliphatic carbocycles. The third-order valence-corrected chi connectivity index (χ3v) is 4.58. The highest BCUT2D eigenvalue weighted by Crippen LogP contribution is 2.36. The second-order valence-corrected chi connectivity index (χ2v) is 6.26. The van der Waals surface area contributed by atoms with Gasteiger partial charge in [-0.2, -0.15) is 0 Å². The molecule has 2 aliphatic heterocycles. The van der Waals surface area contributed by atoms with E-state index in [2.05, 4.69) is 45.6 Å². The summed E-state index contributed by atoms with van der Waals surface area (Å²) in [5, 5.41) is 3.22. The summed E-state index contributed by atoms with van der Waals surface area (Å²) in [6, 6.07) is 16.5. The molecule has 0 amide bonds. The van der Waals surface area contributed by atoms with Crippen LogP contribution in [0.2, 0.25) is 0 Å². The van der Waals surface area contributed by atoms with Crippen molar-refractivity contribution in [3.63, 3.8) is 0 Å². The molecule has 0 radical (unpaired) electrons. The Balaban J connectivity index is 1.54. The van der Waals surface area contributed by atoms with Crippen LogP contribution in [0, 0.1) is 0 Å². The largest absolute Gasteiger partial charge is 0.459 e. The maximum Gasteiger partial charge on any atom is 0.232 e. The number of hydrogen-bond donors (Lipinski definition) is 1. The minimum Gasteiger partial charge on any atom is -0.459 e. The Morgan fingerprint density at radius 2 is 1.85 bits per heavy atom. The fourth-order valence-electron chi connectivity index (χ4n) is 3.33. The van der Waals surface area contributed by atoms with Gasteiger partial charge in [0.2, 0.25) is 12.7 Å². The molecule has 132 valence electrons. The van der Waals surface area contributed by atoms with E-state index < -0.39 is 0 Å². The average molecular weight is 356 g/mol. The first-order valence-electron chi connectivity index (χ1n) is 8.62. The van der Waals surface area contributed by atoms with Crippen molar-refractivity contribution in [1.29, 1.82) is 0 Å². The number of rotatable bonds is 3. The second-order valence-electron chi connectivity index (χ2n) is 6.26. The molecule has 0 fully saturated rings. The molecule has 6 heteroatoms. The number of fused-ring (bicyclic) bond motifs is 1. The van der Waals surface area contributed by atoms with Crippen molar-refractivity contribution in [3.05, 3.63) is 96.1 Å². The Labute approximate surface area is 156 Å². The summed E-state index contributed by atoms with van der Waals surface area (Å²) in [7, 11) is 0. The van der Waals surface area contributed by atoms with Gasteiger partial charge in [-0.05, 0) is 22.8 Å². The zero-order valence-corrected chi connectivity index (χ0v) is 14.4. The van der Waals surface area contributed by atoms with Crippen LogP contribution in [-0.2, 0) is 9.47 Å². The van der Waals surface area contributed by atoms with E-state index in [1.807, 2.05) is 30.6 Å². The van der Waals surface area contributed by atoms with Crippen LogP contribution in [0.4, 0.5) is 0 Å². The van der Waals surface area contributed by atoms with Crippen LogP contribution in [0.3, 0.4) is 0 Å². The number of nitrogens with zero attached hydrogens (tertiary/aromatic N) is 3. The Hall–Kier alpha value is -3.67. The molecule has 1 atom stereocenters. The van der Waals surface area contributed by atoms with Crippen LogP contribution < -0.4 is 5.32 Å². The molecule has 0 saturated heterocycles. The molecule has 0 saturated carbocycles. The Morgan fingerprint density at radius 3 is 2.70 bits per heavy atom. The van der Waals surface area contributed by atoms with Crippen molar-refractivity contribution in [3.8, 4) is 11.1 Å². The van der Waals surface area contributed by atoms with E-state index in [0.29, 0.717) is 5.88 Å². The smallest absolute Gasteiger partial charge is 0.232 e. The summed E-state index contributed by atoms with van der Waals surface area (Å²) in [5.41, 5.74) is 5.37. The van der Waals surface area contributed by atoms with Crippen LogP contribution in [-0.4, -0.2) is 22.6 Å². The standard InChI is InChI=1S/C21H16N4O2/c1-2-7-18-17(6-1)20(25-21(18)24-19-11-26-13-27-19)15-5-3-4-14(8-15)16-9-22-12-23-10-16/h1-12,20H,13H2,(H,24,25). The first kappa shape index (κ1) is 15.6. The van der Waals surface area contributed by atoms with E-state index >= 15 is 0 Å². The summed E-state index contributed by atoms with van der Waals surface area (Å²) in [5.74, 6) is 1.35. The normalized spacial score (nSPS) is 17.4. The fraction of sp³-hybridized carbons (Fsp3) is 0.0952. The van der Waals surface area contributed by atoms with Gasteiger partial charge in [0.1, 0.15) is 24.5 Å². The number of ether oxygens (including phenoxy) is 2. The first-order chi connectivity index (χ1) is 13.4. The van der Waals surface area contributed by atoms with Crippen LogP contribution in [0.15, 0.2) is 84.4 Å². The van der Waals surface area contributed by atoms with Gasteiger partial charge in [0.05, 0.1) is 0 Å². The number of aromatic nitrogens is 2. The van der Waals surface area contributed by atoms with E-state index in [1.54, 1.807) is 6.26 Å². The predicted molar refractivity (Wildman–Crippen MR) is 101 cm³/mol. The van der Waals surface area contributed by atoms with Gasteiger partial charge in [-0.1, -0.05) is 42.5 Å². The van der Waals surface area contributed by atoms with Crippen molar-refractivity contribution in [2.75, 3.05) is 6.79 Å². The van der Waals surface area contributed by atoms with Gasteiger partial charge in [-0.15, -0.1) is 0 Å². The molecule has 0 bridgehead atoms. The lowest BCUT2D eigenvalue weighted by atomic mass is 9.95. The number of nitrogens with one attached hydrogen (secondary N) is 1. The molecular formula is C21H16N4O2. The summed E-state index contributed by atoms with van der Waals surface area (Å²) >= 11 is 0. The van der Waals surface area contributed by atoms with Crippen LogP contribution in [0.5, 0.6) is 0 Å². The topological polar surface area (TPSA) is 68.6 Å². The Kier molecular flexibility index (Phi) is 3.79. The van der Waals surface area contributed by atoms with Gasteiger partial charge >= 0.3 is 0 Å². The van der Waals surface area contributed by atoms with Crippen molar-refractivity contribution < 1.29 is 9.47 Å². The zero-order chi connectivity index (χ0) is 18.1. The fourth-order valence-corrected chi connectivity index (χ4v) is 3.33. The molecule has 1 aromatic heterocycles. The maximum absolute atomic E-state index is 5.38. The molecule has 2 aromatic carbocycles. The van der Waals surface area contributed by atoms with Crippen LogP contribution in [0.1, 0.15) is 22.7 Å². The highest BCUT2D eigenvalue weighted by Gasteiger charge is 2.27. The monoisotopic (exact) mass is 356 g/mol. The van der Waals surface area contributed by atoms with E-state index in [0.717, 1.165) is 33.7 Å². The Bertz CT molecular complexity index is 1050. The average Bonchev–Trinajstić information content (AvgIpc) is 3.38. The van der Waals surface area contributed by atoms with Crippen LogP contribution in [0.25, 0.3) is 11.1 Å². The molecule has 1 N–H and O–H groups in total. The first-order valence-corrected chi connectivity index (χ1v) is 8.62. The molecule has 3 heterocycles. The van der Waals surface area contributed by atoms with Crippen molar-refractivity contribution in [2.45, 2.75) is 6.04 Å². The van der Waals surface area contributed by atoms with Crippen molar-refractivity contribution >= 4 is 5.84 Å². The third kappa shape index (κ3) is 2.91. The molecule has 6 nitrogen and oxygen atoms in total. The number of benzene rings is 2. The second kappa shape index (κ2) is 6.57. The quantitative estimate of drug-likeness (QED) is 0.779. The summed E-state index contributed by atoms with van der Waals surface area (Å²) in [6.07, 6.45) is 6.73. The predicted octanol–water partition coefficient (Wildman–Crippen LogP) is 3.39. The number of hydrogen-bond acceptors (Lipinski definition) is 6. The van der Waals surface area contributed by atoms with Gasteiger partial charge in [-0.3, -0.25) is 4.99 Å². The summed E-state index contributed by atoms with van der Waals surface area (Å²) < 4.78 is 10.5. The van der Waals surface area contributed by atoms with Gasteiger partial charge < -0.3 is 14.8 Å². The van der Waals surface area contributed by atoms with Crippen molar-refractivity contribution in [2.24, 2.45) is 4.99 Å². The molecule has 2 aliphatic rings. The molecular weight excluding hydrogens is 340 g/mol. The Morgan fingerprint density at radius 1 is 0.963 bits per heavy atom. The van der Waals surface area contributed by atoms with Gasteiger partial charge in [-0.25, -0.2) is 9.97 Å². The molecule has 0 spiro atoms. The number of aliphatic imine (C=N–C) groups is 1. The van der Waals surface area contributed by atoms with Crippen LogP contribution >= 0.6 is 0 Å². The lowest BCUT2D eigenvalue weighted by molar-refractivity contribution is 0.0772. The number of amidine groups is 1.